The van der Waals surface area contributed by atoms with Gasteiger partial charge < -0.3 is 10.6 Å². The van der Waals surface area contributed by atoms with Gasteiger partial charge in [0.1, 0.15) is 17.3 Å². The zero-order valence-electron chi connectivity index (χ0n) is 15.7. The number of hydrogen-bond acceptors (Lipinski definition) is 5. The second-order valence-electron chi connectivity index (χ2n) is 7.55. The maximum atomic E-state index is 14.4. The van der Waals surface area contributed by atoms with E-state index in [1.54, 1.807) is 0 Å². The van der Waals surface area contributed by atoms with E-state index in [0.717, 1.165) is 12.8 Å². The molecule has 28 heavy (non-hydrogen) atoms. The van der Waals surface area contributed by atoms with E-state index in [4.69, 9.17) is 17.3 Å². The number of nitrogens with zero attached hydrogens (tertiary/aromatic N) is 5. The Morgan fingerprint density at radius 2 is 1.86 bits per heavy atom. The summed E-state index contributed by atoms with van der Waals surface area (Å²) >= 11 is 6.21. The van der Waals surface area contributed by atoms with Crippen LogP contribution in [-0.4, -0.2) is 44.6 Å². The number of imidazole rings is 1. The van der Waals surface area contributed by atoms with Crippen molar-refractivity contribution < 1.29 is 8.78 Å². The minimum Gasteiger partial charge on any atom is -0.320 e. The van der Waals surface area contributed by atoms with Crippen LogP contribution in [0, 0.1) is 11.6 Å². The van der Waals surface area contributed by atoms with Crippen LogP contribution in [0.25, 0.3) is 17.0 Å². The molecule has 3 aromatic rings. The van der Waals surface area contributed by atoms with Crippen LogP contribution in [0.1, 0.15) is 31.4 Å². The van der Waals surface area contributed by atoms with E-state index in [0.29, 0.717) is 30.2 Å². The molecule has 0 radical (unpaired) electrons. The van der Waals surface area contributed by atoms with Gasteiger partial charge in [0, 0.05) is 6.04 Å². The van der Waals surface area contributed by atoms with Gasteiger partial charge in [-0.2, -0.15) is 4.52 Å². The van der Waals surface area contributed by atoms with E-state index in [1.807, 2.05) is 14.1 Å². The van der Waals surface area contributed by atoms with Crippen molar-refractivity contribution >= 4 is 17.2 Å². The van der Waals surface area contributed by atoms with E-state index in [9.17, 15) is 8.78 Å². The lowest BCUT2D eigenvalue weighted by molar-refractivity contribution is 0.171. The molecule has 6 nitrogen and oxygen atoms in total. The highest BCUT2D eigenvalue weighted by Gasteiger charge is 2.38. The van der Waals surface area contributed by atoms with Crippen LogP contribution in [-0.2, 0) is 5.54 Å². The summed E-state index contributed by atoms with van der Waals surface area (Å²) in [5.41, 5.74) is 6.54. The fraction of sp³-hybridized carbons (Fsp3) is 0.421. The van der Waals surface area contributed by atoms with Crippen molar-refractivity contribution in [3.05, 3.63) is 46.9 Å². The third-order valence-corrected chi connectivity index (χ3v) is 5.81. The molecule has 0 spiro atoms. The molecule has 2 aromatic heterocycles. The van der Waals surface area contributed by atoms with Crippen molar-refractivity contribution in [2.75, 3.05) is 14.1 Å². The minimum atomic E-state index is -0.776. The van der Waals surface area contributed by atoms with Crippen molar-refractivity contribution in [1.29, 1.82) is 0 Å². The summed E-state index contributed by atoms with van der Waals surface area (Å²) in [6.45, 7) is 0. The lowest BCUT2D eigenvalue weighted by atomic mass is 9.77. The summed E-state index contributed by atoms with van der Waals surface area (Å²) < 4.78 is 30.1. The Hall–Kier alpha value is -2.16. The molecule has 1 fully saturated rings. The first-order valence-electron chi connectivity index (χ1n) is 9.11. The predicted octanol–water partition coefficient (Wildman–Crippen LogP) is 3.38. The molecule has 0 saturated heterocycles. The standard InChI is InChI=1S/C19H21ClF2N6/c1-27(2)11-6-8-19(23,9-7-11)16-18-24-10-14(20)28(18)26-17(25-16)15-12(21)4-3-5-13(15)22/h3-5,10-11H,6-9,23H2,1-2H3. The Morgan fingerprint density at radius 1 is 1.21 bits per heavy atom. The van der Waals surface area contributed by atoms with Crippen LogP contribution in [0.5, 0.6) is 0 Å². The van der Waals surface area contributed by atoms with Crippen LogP contribution in [0.4, 0.5) is 8.78 Å². The second kappa shape index (κ2) is 7.02. The Kier molecular flexibility index (Phi) is 4.81. The number of halogens is 3. The molecule has 4 rings (SSSR count). The number of nitrogens with two attached hydrogens (primary N) is 1. The van der Waals surface area contributed by atoms with Gasteiger partial charge in [0.15, 0.2) is 16.6 Å². The highest BCUT2D eigenvalue weighted by Crippen LogP contribution is 2.38. The largest absolute Gasteiger partial charge is 0.320 e. The summed E-state index contributed by atoms with van der Waals surface area (Å²) in [5.74, 6) is -1.59. The van der Waals surface area contributed by atoms with Gasteiger partial charge >= 0.3 is 0 Å². The van der Waals surface area contributed by atoms with E-state index >= 15 is 0 Å². The van der Waals surface area contributed by atoms with E-state index in [1.165, 1.54) is 28.9 Å². The number of rotatable bonds is 3. The Morgan fingerprint density at radius 3 is 2.46 bits per heavy atom. The fourth-order valence-electron chi connectivity index (χ4n) is 3.88. The number of hydrogen-bond donors (Lipinski definition) is 1. The highest BCUT2D eigenvalue weighted by atomic mass is 35.5. The molecular weight excluding hydrogens is 386 g/mol. The number of fused-ring (bicyclic) bond motifs is 1. The molecule has 0 atom stereocenters. The zero-order valence-corrected chi connectivity index (χ0v) is 16.4. The van der Waals surface area contributed by atoms with Crippen LogP contribution in [0.3, 0.4) is 0 Å². The molecule has 2 heterocycles. The van der Waals surface area contributed by atoms with Crippen molar-refractivity contribution in [3.8, 4) is 11.4 Å². The predicted molar refractivity (Wildman–Crippen MR) is 103 cm³/mol. The third kappa shape index (κ3) is 3.15. The summed E-state index contributed by atoms with van der Waals surface area (Å²) in [6.07, 6.45) is 4.55. The summed E-state index contributed by atoms with van der Waals surface area (Å²) in [4.78, 5) is 11.0. The molecule has 1 saturated carbocycles. The molecule has 1 aromatic carbocycles. The molecule has 148 valence electrons. The van der Waals surface area contributed by atoms with Crippen molar-refractivity contribution in [2.45, 2.75) is 37.3 Å². The summed E-state index contributed by atoms with van der Waals surface area (Å²) in [6, 6.07) is 4.06. The number of benzene rings is 1. The average Bonchev–Trinajstić information content (AvgIpc) is 3.02. The summed E-state index contributed by atoms with van der Waals surface area (Å²) in [5, 5.41) is 4.45. The van der Waals surface area contributed by atoms with E-state index in [-0.39, 0.29) is 16.5 Å². The topological polar surface area (TPSA) is 72.3 Å². The Bertz CT molecular complexity index is 1010. The third-order valence-electron chi connectivity index (χ3n) is 5.56. The zero-order chi connectivity index (χ0) is 20.1. The average molecular weight is 407 g/mol. The van der Waals surface area contributed by atoms with Crippen LogP contribution >= 0.6 is 11.6 Å². The van der Waals surface area contributed by atoms with Gasteiger partial charge in [-0.25, -0.2) is 18.7 Å². The van der Waals surface area contributed by atoms with Gasteiger partial charge in [0.2, 0.25) is 0 Å². The normalized spacial score (nSPS) is 22.9. The highest BCUT2D eigenvalue weighted by molar-refractivity contribution is 6.29. The summed E-state index contributed by atoms with van der Waals surface area (Å²) in [7, 11) is 4.09. The Balaban J connectivity index is 1.87. The van der Waals surface area contributed by atoms with Gasteiger partial charge in [-0.15, -0.1) is 5.10 Å². The molecule has 1 aliphatic rings. The lowest BCUT2D eigenvalue weighted by Gasteiger charge is -2.39. The van der Waals surface area contributed by atoms with Gasteiger partial charge in [-0.1, -0.05) is 17.7 Å². The van der Waals surface area contributed by atoms with Gasteiger partial charge in [0.25, 0.3) is 0 Å². The first kappa shape index (κ1) is 19.2. The maximum absolute atomic E-state index is 14.4. The van der Waals surface area contributed by atoms with Gasteiger partial charge in [-0.3, -0.25) is 0 Å². The molecule has 0 unspecified atom stereocenters. The van der Waals surface area contributed by atoms with Crippen LogP contribution in [0.2, 0.25) is 5.15 Å². The van der Waals surface area contributed by atoms with Crippen molar-refractivity contribution in [2.24, 2.45) is 5.73 Å². The molecule has 9 heteroatoms. The quantitative estimate of drug-likeness (QED) is 0.721. The SMILES string of the molecule is CN(C)C1CCC(N)(c2nc(-c3c(F)cccc3F)nn3c(Cl)cnc23)CC1. The number of aromatic nitrogens is 4. The fourth-order valence-corrected chi connectivity index (χ4v) is 4.04. The molecule has 1 aliphatic carbocycles. The lowest BCUT2D eigenvalue weighted by Crippen LogP contribution is -2.45. The second-order valence-corrected chi connectivity index (χ2v) is 7.94. The first-order chi connectivity index (χ1) is 13.3. The van der Waals surface area contributed by atoms with Crippen molar-refractivity contribution in [3.63, 3.8) is 0 Å². The van der Waals surface area contributed by atoms with Crippen LogP contribution < -0.4 is 5.73 Å². The molecule has 0 bridgehead atoms. The Labute approximate surface area is 166 Å². The maximum Gasteiger partial charge on any atom is 0.186 e. The molecular formula is C19H21ClF2N6. The monoisotopic (exact) mass is 406 g/mol. The smallest absolute Gasteiger partial charge is 0.186 e. The van der Waals surface area contributed by atoms with E-state index < -0.39 is 17.2 Å². The molecule has 0 aliphatic heterocycles. The van der Waals surface area contributed by atoms with Crippen molar-refractivity contribution in [1.82, 2.24) is 24.5 Å². The molecule has 2 N–H and O–H groups in total. The molecule has 0 amide bonds. The van der Waals surface area contributed by atoms with Gasteiger partial charge in [-0.05, 0) is 51.9 Å². The van der Waals surface area contributed by atoms with Crippen LogP contribution in [0.15, 0.2) is 24.4 Å². The first-order valence-corrected chi connectivity index (χ1v) is 9.49. The van der Waals surface area contributed by atoms with Gasteiger partial charge in [0.05, 0.1) is 17.3 Å². The van der Waals surface area contributed by atoms with E-state index in [2.05, 4.69) is 20.0 Å². The minimum absolute atomic E-state index is 0.0995.